The van der Waals surface area contributed by atoms with Gasteiger partial charge in [0.05, 0.1) is 5.97 Å². The first-order chi connectivity index (χ1) is 13.4. The van der Waals surface area contributed by atoms with Crippen LogP contribution in [0.25, 0.3) is 11.1 Å². The predicted octanol–water partition coefficient (Wildman–Crippen LogP) is 1.61. The van der Waals surface area contributed by atoms with Crippen LogP contribution in [0.15, 0.2) is 78.9 Å². The Kier molecular flexibility index (Phi) is 8.09. The third kappa shape index (κ3) is 5.96. The smallest absolute Gasteiger partial charge is 0.546 e. The zero-order chi connectivity index (χ0) is 20.1. The fourth-order valence-electron chi connectivity index (χ4n) is 3.21. The molecule has 29 heavy (non-hydrogen) atoms. The fourth-order valence-corrected chi connectivity index (χ4v) is 3.21. The molecule has 0 spiro atoms. The van der Waals surface area contributed by atoms with E-state index in [1.165, 1.54) is 5.56 Å². The number of rotatable bonds is 7. The van der Waals surface area contributed by atoms with Crippen molar-refractivity contribution in [2.45, 2.75) is 38.7 Å². The molecule has 0 amide bonds. The summed E-state index contributed by atoms with van der Waals surface area (Å²) in [6.07, 6.45) is 0.210. The summed E-state index contributed by atoms with van der Waals surface area (Å²) in [5, 5.41) is 11.9. The minimum absolute atomic E-state index is 0. The summed E-state index contributed by atoms with van der Waals surface area (Å²) in [7, 11) is 0. The molecule has 0 aliphatic carbocycles. The van der Waals surface area contributed by atoms with Crippen molar-refractivity contribution in [1.29, 1.82) is 0 Å². The molecular weight excluding hydrogens is 371 g/mol. The van der Waals surface area contributed by atoms with E-state index in [2.05, 4.69) is 13.8 Å². The van der Waals surface area contributed by atoms with Gasteiger partial charge in [-0.2, -0.15) is 0 Å². The van der Waals surface area contributed by atoms with E-state index in [9.17, 15) is 9.90 Å². The Hall–Kier alpha value is -2.07. The van der Waals surface area contributed by atoms with Crippen molar-refractivity contribution < 1.29 is 44.2 Å². The molecule has 0 saturated heterocycles. The number of hydrogen-bond donors (Lipinski definition) is 0. The molecule has 0 radical (unpaired) electrons. The number of carbonyl (C=O) groups excluding carboxylic acids is 1. The Bertz CT molecular complexity index is 936. The molecule has 1 atom stereocenters. The Morgan fingerprint density at radius 3 is 2.14 bits per heavy atom. The summed E-state index contributed by atoms with van der Waals surface area (Å²) in [4.78, 5) is 11.9. The molecule has 0 aliphatic rings. The van der Waals surface area contributed by atoms with Gasteiger partial charge in [0.2, 0.25) is 0 Å². The standard InChI is InChI=1S/C25H26O3.Na/c1-18(2)20-12-14-23(15-13-20)28-25(3,24(26)27)17-19-8-7-11-22(16-19)21-9-5-4-6-10-21;/h4-16,18H,17H2,1-3H3,(H,26,27);/q;+1/p-1. The molecule has 0 heterocycles. The molecule has 4 heteroatoms. The normalized spacial score (nSPS) is 12.7. The van der Waals surface area contributed by atoms with Crippen LogP contribution < -0.4 is 39.4 Å². The second-order valence-electron chi connectivity index (χ2n) is 7.59. The van der Waals surface area contributed by atoms with Crippen LogP contribution in [0.4, 0.5) is 0 Å². The van der Waals surface area contributed by atoms with Crippen molar-refractivity contribution >= 4 is 5.97 Å². The van der Waals surface area contributed by atoms with Gasteiger partial charge < -0.3 is 14.6 Å². The first-order valence-electron chi connectivity index (χ1n) is 9.52. The molecule has 0 N–H and O–H groups in total. The van der Waals surface area contributed by atoms with Crippen LogP contribution in [0.1, 0.15) is 37.8 Å². The van der Waals surface area contributed by atoms with Crippen molar-refractivity contribution in [3.05, 3.63) is 90.0 Å². The molecule has 3 aromatic carbocycles. The van der Waals surface area contributed by atoms with Crippen LogP contribution in [0.5, 0.6) is 5.75 Å². The maximum Gasteiger partial charge on any atom is 1.00 e. The monoisotopic (exact) mass is 396 g/mol. The number of carboxylic acid groups (broad SMARTS) is 1. The molecule has 0 fully saturated rings. The van der Waals surface area contributed by atoms with Crippen LogP contribution in [-0.2, 0) is 11.2 Å². The Morgan fingerprint density at radius 1 is 0.931 bits per heavy atom. The zero-order valence-corrected chi connectivity index (χ0v) is 19.5. The molecular formula is C25H25NaO3. The van der Waals surface area contributed by atoms with Crippen LogP contribution in [0.3, 0.4) is 0 Å². The predicted molar refractivity (Wildman–Crippen MR) is 110 cm³/mol. The Morgan fingerprint density at radius 2 is 1.55 bits per heavy atom. The summed E-state index contributed by atoms with van der Waals surface area (Å²) >= 11 is 0. The number of aliphatic carboxylic acids is 1. The summed E-state index contributed by atoms with van der Waals surface area (Å²) in [5.41, 5.74) is 2.73. The van der Waals surface area contributed by atoms with Crippen LogP contribution in [0, 0.1) is 0 Å². The topological polar surface area (TPSA) is 49.4 Å². The van der Waals surface area contributed by atoms with Crippen LogP contribution in [0.2, 0.25) is 0 Å². The fraction of sp³-hybridized carbons (Fsp3) is 0.240. The van der Waals surface area contributed by atoms with Gasteiger partial charge in [0, 0.05) is 6.42 Å². The molecule has 1 unspecified atom stereocenters. The summed E-state index contributed by atoms with van der Waals surface area (Å²) < 4.78 is 5.89. The van der Waals surface area contributed by atoms with Gasteiger partial charge in [-0.05, 0) is 47.2 Å². The zero-order valence-electron chi connectivity index (χ0n) is 17.5. The molecule has 0 saturated carbocycles. The molecule has 0 aliphatic heterocycles. The van der Waals surface area contributed by atoms with Gasteiger partial charge >= 0.3 is 29.6 Å². The largest absolute Gasteiger partial charge is 1.00 e. The van der Waals surface area contributed by atoms with Gasteiger partial charge in [-0.3, -0.25) is 0 Å². The number of carbonyl (C=O) groups is 1. The van der Waals surface area contributed by atoms with Gasteiger partial charge in [-0.25, -0.2) is 0 Å². The van der Waals surface area contributed by atoms with Crippen molar-refractivity contribution in [3.8, 4) is 16.9 Å². The molecule has 3 nitrogen and oxygen atoms in total. The van der Waals surface area contributed by atoms with E-state index < -0.39 is 11.6 Å². The van der Waals surface area contributed by atoms with E-state index in [4.69, 9.17) is 4.74 Å². The van der Waals surface area contributed by atoms with Gasteiger partial charge in [-0.15, -0.1) is 0 Å². The van der Waals surface area contributed by atoms with E-state index in [1.807, 2.05) is 78.9 Å². The van der Waals surface area contributed by atoms with Gasteiger partial charge in [0.25, 0.3) is 0 Å². The molecule has 0 bridgehead atoms. The average Bonchev–Trinajstić information content (AvgIpc) is 2.69. The van der Waals surface area contributed by atoms with Gasteiger partial charge in [0.1, 0.15) is 11.4 Å². The SMILES string of the molecule is CC(C)c1ccc(OC(C)(Cc2cccc(-c3ccccc3)c2)C(=O)[O-])cc1.[Na+]. The number of hydrogen-bond acceptors (Lipinski definition) is 3. The van der Waals surface area contributed by atoms with Crippen molar-refractivity contribution in [1.82, 2.24) is 0 Å². The second-order valence-corrected chi connectivity index (χ2v) is 7.59. The average molecular weight is 396 g/mol. The number of ether oxygens (including phenoxy) is 1. The minimum atomic E-state index is -1.46. The minimum Gasteiger partial charge on any atom is -0.546 e. The summed E-state index contributed by atoms with van der Waals surface area (Å²) in [6.45, 7) is 5.79. The molecule has 0 aromatic heterocycles. The van der Waals surface area contributed by atoms with Crippen molar-refractivity contribution in [2.75, 3.05) is 0 Å². The quantitative estimate of drug-likeness (QED) is 0.570. The van der Waals surface area contributed by atoms with Crippen molar-refractivity contribution in [3.63, 3.8) is 0 Å². The third-order valence-corrected chi connectivity index (χ3v) is 4.90. The summed E-state index contributed by atoms with van der Waals surface area (Å²) in [6, 6.07) is 25.4. The van der Waals surface area contributed by atoms with E-state index >= 15 is 0 Å². The second kappa shape index (κ2) is 10.1. The first kappa shape index (κ1) is 23.2. The van der Waals surface area contributed by atoms with E-state index in [0.717, 1.165) is 16.7 Å². The Balaban J connectivity index is 0.00000300. The van der Waals surface area contributed by atoms with Crippen LogP contribution >= 0.6 is 0 Å². The maximum atomic E-state index is 11.9. The van der Waals surface area contributed by atoms with E-state index in [1.54, 1.807) is 6.92 Å². The maximum absolute atomic E-state index is 11.9. The number of benzene rings is 3. The van der Waals surface area contributed by atoms with Gasteiger partial charge in [0.15, 0.2) is 0 Å². The molecule has 3 rings (SSSR count). The first-order valence-corrected chi connectivity index (χ1v) is 9.52. The van der Waals surface area contributed by atoms with Crippen molar-refractivity contribution in [2.24, 2.45) is 0 Å². The molecule has 144 valence electrons. The van der Waals surface area contributed by atoms with Gasteiger partial charge in [-0.1, -0.05) is 80.6 Å². The summed E-state index contributed by atoms with van der Waals surface area (Å²) in [5.74, 6) is -0.303. The van der Waals surface area contributed by atoms with E-state index in [-0.39, 0.29) is 36.0 Å². The van der Waals surface area contributed by atoms with Crippen LogP contribution in [-0.4, -0.2) is 11.6 Å². The molecule has 3 aromatic rings. The number of carboxylic acids is 1. The third-order valence-electron chi connectivity index (χ3n) is 4.90. The Labute approximate surface area is 195 Å². The van der Waals surface area contributed by atoms with E-state index in [0.29, 0.717) is 11.7 Å².